The van der Waals surface area contributed by atoms with E-state index in [1.54, 1.807) is 0 Å². The van der Waals surface area contributed by atoms with Crippen LogP contribution in [-0.4, -0.2) is 49.7 Å². The van der Waals surface area contributed by atoms with Crippen LogP contribution in [0.2, 0.25) is 0 Å². The number of carbonyl (C=O) groups is 1. The van der Waals surface area contributed by atoms with Gasteiger partial charge in [-0.05, 0) is 24.3 Å². The Morgan fingerprint density at radius 3 is 2.56 bits per heavy atom. The number of carbonyl (C=O) groups excluding carboxylic acids is 1. The lowest BCUT2D eigenvalue weighted by Gasteiger charge is -2.20. The van der Waals surface area contributed by atoms with Crippen LogP contribution in [0.25, 0.3) is 0 Å². The molecule has 0 aliphatic rings. The van der Waals surface area contributed by atoms with Crippen LogP contribution in [-0.2, 0) is 22.7 Å². The largest absolute Gasteiger partial charge is 0.495 e. The molecule has 0 fully saturated rings. The third kappa shape index (κ3) is 6.10. The summed E-state index contributed by atoms with van der Waals surface area (Å²) < 4.78 is 70.9. The lowest BCUT2D eigenvalue weighted by Crippen LogP contribution is -2.27. The van der Waals surface area contributed by atoms with Gasteiger partial charge < -0.3 is 21.1 Å². The molecule has 11 nitrogen and oxygen atoms in total. The number of primary amides is 1. The minimum atomic E-state index is -4.77. The molecule has 2 aromatic heterocycles. The van der Waals surface area contributed by atoms with Gasteiger partial charge in [-0.25, -0.2) is 18.4 Å². The van der Waals surface area contributed by atoms with Crippen molar-refractivity contribution >= 4 is 39.2 Å². The SMILES string of the molecule is COc1cc(C(N)=O)ccc1Nc1ncc(C(F)(F)F)c(NCc2cccnc2N(C)S(C)(=O)=O)n1. The van der Waals surface area contributed by atoms with E-state index in [0.29, 0.717) is 11.8 Å². The van der Waals surface area contributed by atoms with E-state index in [1.165, 1.54) is 50.7 Å². The van der Waals surface area contributed by atoms with E-state index in [-0.39, 0.29) is 35.3 Å². The number of sulfonamides is 1. The van der Waals surface area contributed by atoms with Crippen LogP contribution < -0.4 is 25.4 Å². The second-order valence-electron chi connectivity index (χ2n) is 7.43. The number of alkyl halides is 3. The quantitative estimate of drug-likeness (QED) is 0.383. The number of anilines is 4. The number of pyridine rings is 1. The van der Waals surface area contributed by atoms with E-state index >= 15 is 0 Å². The van der Waals surface area contributed by atoms with Crippen molar-refractivity contribution in [2.45, 2.75) is 12.7 Å². The zero-order chi connectivity index (χ0) is 26.7. The van der Waals surface area contributed by atoms with Gasteiger partial charge in [0.2, 0.25) is 21.9 Å². The molecule has 36 heavy (non-hydrogen) atoms. The van der Waals surface area contributed by atoms with Crippen molar-refractivity contribution in [2.24, 2.45) is 5.73 Å². The highest BCUT2D eigenvalue weighted by Crippen LogP contribution is 2.35. The number of nitrogens with one attached hydrogen (secondary N) is 2. The van der Waals surface area contributed by atoms with Crippen molar-refractivity contribution < 1.29 is 31.1 Å². The topological polar surface area (TPSA) is 152 Å². The third-order valence-corrected chi connectivity index (χ3v) is 6.10. The molecular formula is C21H22F3N7O4S. The Bertz CT molecular complexity index is 1380. The van der Waals surface area contributed by atoms with E-state index in [4.69, 9.17) is 10.5 Å². The van der Waals surface area contributed by atoms with E-state index in [9.17, 15) is 26.4 Å². The van der Waals surface area contributed by atoms with E-state index in [2.05, 4.69) is 25.6 Å². The molecule has 0 unspecified atom stereocenters. The minimum Gasteiger partial charge on any atom is -0.495 e. The monoisotopic (exact) mass is 525 g/mol. The number of rotatable bonds is 9. The Labute approximate surface area is 204 Å². The van der Waals surface area contributed by atoms with Gasteiger partial charge in [-0.2, -0.15) is 18.2 Å². The first-order chi connectivity index (χ1) is 16.8. The number of aromatic nitrogens is 3. The molecule has 0 radical (unpaired) electrons. The van der Waals surface area contributed by atoms with Crippen LogP contribution >= 0.6 is 0 Å². The Morgan fingerprint density at radius 1 is 1.22 bits per heavy atom. The smallest absolute Gasteiger partial charge is 0.421 e. The van der Waals surface area contributed by atoms with Crippen LogP contribution in [0.1, 0.15) is 21.5 Å². The van der Waals surface area contributed by atoms with Crippen LogP contribution in [0.3, 0.4) is 0 Å². The van der Waals surface area contributed by atoms with Gasteiger partial charge in [0, 0.05) is 37.1 Å². The van der Waals surface area contributed by atoms with Crippen molar-refractivity contribution in [3.8, 4) is 5.75 Å². The molecule has 1 amide bonds. The van der Waals surface area contributed by atoms with Crippen LogP contribution in [0.4, 0.5) is 36.4 Å². The lowest BCUT2D eigenvalue weighted by atomic mass is 10.2. The number of halogens is 3. The molecule has 2 heterocycles. The molecule has 0 spiro atoms. The summed E-state index contributed by atoms with van der Waals surface area (Å²) in [5.41, 5.74) is 4.88. The number of ether oxygens (including phenoxy) is 1. The number of methoxy groups -OCH3 is 1. The number of amides is 1. The van der Waals surface area contributed by atoms with Crippen molar-refractivity contribution in [3.05, 3.63) is 59.4 Å². The Morgan fingerprint density at radius 2 is 1.94 bits per heavy atom. The average Bonchev–Trinajstić information content (AvgIpc) is 2.81. The summed E-state index contributed by atoms with van der Waals surface area (Å²) in [6.07, 6.45) is -1.82. The maximum atomic E-state index is 13.6. The van der Waals surface area contributed by atoms with Crippen LogP contribution in [0.5, 0.6) is 5.75 Å². The van der Waals surface area contributed by atoms with Gasteiger partial charge in [-0.3, -0.25) is 9.10 Å². The van der Waals surface area contributed by atoms with Gasteiger partial charge in [-0.15, -0.1) is 0 Å². The minimum absolute atomic E-state index is 0.0488. The third-order valence-electron chi connectivity index (χ3n) is 4.94. The molecule has 0 saturated heterocycles. The lowest BCUT2D eigenvalue weighted by molar-refractivity contribution is -0.137. The normalized spacial score (nSPS) is 11.6. The van der Waals surface area contributed by atoms with Crippen LogP contribution in [0, 0.1) is 0 Å². The maximum absolute atomic E-state index is 13.6. The van der Waals surface area contributed by atoms with Gasteiger partial charge in [0.05, 0.1) is 19.1 Å². The summed E-state index contributed by atoms with van der Waals surface area (Å²) >= 11 is 0. The summed E-state index contributed by atoms with van der Waals surface area (Å²) in [4.78, 5) is 23.1. The molecule has 0 atom stereocenters. The predicted molar refractivity (Wildman–Crippen MR) is 127 cm³/mol. The Hall–Kier alpha value is -4.14. The standard InChI is InChI=1S/C21H22F3N7O4S/c1-31(36(3,33)34)19-13(5-4-8-26-19)10-27-18-14(21(22,23)24)11-28-20(30-18)29-15-7-6-12(17(25)32)9-16(15)35-2/h4-9,11H,10H2,1-3H3,(H2,25,32)(H2,27,28,29,30). The van der Waals surface area contributed by atoms with Gasteiger partial charge in [-0.1, -0.05) is 6.07 Å². The highest BCUT2D eigenvalue weighted by Gasteiger charge is 2.35. The number of hydrogen-bond acceptors (Lipinski definition) is 9. The van der Waals surface area contributed by atoms with Gasteiger partial charge in [0.25, 0.3) is 0 Å². The summed E-state index contributed by atoms with van der Waals surface area (Å²) in [5, 5.41) is 5.35. The second kappa shape index (κ2) is 10.2. The molecule has 0 aliphatic carbocycles. The molecule has 3 aromatic rings. The van der Waals surface area contributed by atoms with Gasteiger partial charge in [0.1, 0.15) is 22.9 Å². The summed E-state index contributed by atoms with van der Waals surface area (Å²) in [6, 6.07) is 7.25. The number of benzene rings is 1. The van der Waals surface area contributed by atoms with E-state index in [1.807, 2.05) is 0 Å². The fraction of sp³-hybridized carbons (Fsp3) is 0.238. The molecule has 0 bridgehead atoms. The van der Waals surface area contributed by atoms with Crippen molar-refractivity contribution in [1.82, 2.24) is 15.0 Å². The molecular weight excluding hydrogens is 503 g/mol. The molecule has 4 N–H and O–H groups in total. The molecule has 192 valence electrons. The maximum Gasteiger partial charge on any atom is 0.421 e. The fourth-order valence-corrected chi connectivity index (χ4v) is 3.52. The van der Waals surface area contributed by atoms with Gasteiger partial charge >= 0.3 is 6.18 Å². The fourth-order valence-electron chi connectivity index (χ4n) is 3.04. The number of nitrogens with zero attached hydrogens (tertiary/aromatic N) is 4. The zero-order valence-electron chi connectivity index (χ0n) is 19.3. The van der Waals surface area contributed by atoms with Gasteiger partial charge in [0.15, 0.2) is 0 Å². The van der Waals surface area contributed by atoms with E-state index in [0.717, 1.165) is 10.6 Å². The van der Waals surface area contributed by atoms with Crippen molar-refractivity contribution in [2.75, 3.05) is 35.4 Å². The van der Waals surface area contributed by atoms with Crippen molar-refractivity contribution in [1.29, 1.82) is 0 Å². The molecule has 1 aromatic carbocycles. The molecule has 3 rings (SSSR count). The number of nitrogens with two attached hydrogens (primary N) is 1. The summed E-state index contributed by atoms with van der Waals surface area (Å²) in [6.45, 7) is -0.223. The summed E-state index contributed by atoms with van der Waals surface area (Å²) in [7, 11) is -1.04. The van der Waals surface area contributed by atoms with Crippen molar-refractivity contribution in [3.63, 3.8) is 0 Å². The number of hydrogen-bond donors (Lipinski definition) is 3. The molecule has 0 aliphatic heterocycles. The first kappa shape index (κ1) is 26.5. The first-order valence-corrected chi connectivity index (χ1v) is 12.0. The van der Waals surface area contributed by atoms with E-state index < -0.39 is 33.5 Å². The summed E-state index contributed by atoms with van der Waals surface area (Å²) in [5.74, 6) is -1.20. The Balaban J connectivity index is 1.94. The highest BCUT2D eigenvalue weighted by molar-refractivity contribution is 7.92. The molecule has 0 saturated carbocycles. The predicted octanol–water partition coefficient (Wildman–Crippen LogP) is 2.75. The second-order valence-corrected chi connectivity index (χ2v) is 9.44. The van der Waals surface area contributed by atoms with Crippen LogP contribution in [0.15, 0.2) is 42.7 Å². The zero-order valence-corrected chi connectivity index (χ0v) is 20.1. The highest BCUT2D eigenvalue weighted by atomic mass is 32.2. The first-order valence-electron chi connectivity index (χ1n) is 10.1. The Kier molecular flexibility index (Phi) is 7.52. The molecule has 15 heteroatoms. The average molecular weight is 526 g/mol.